The van der Waals surface area contributed by atoms with E-state index >= 15 is 0 Å². The largest absolute Gasteiger partial charge is 3.00 e. The molecule has 0 fully saturated rings. The molecule has 0 aliphatic heterocycles. The molecule has 2 aromatic heterocycles. The fraction of sp³-hybridized carbons (Fsp3) is 0.0556. The summed E-state index contributed by atoms with van der Waals surface area (Å²) in [6.07, 6.45) is 7.98. The third-order valence-corrected chi connectivity index (χ3v) is 3.10. The maximum Gasteiger partial charge on any atom is 3.00 e. The summed E-state index contributed by atoms with van der Waals surface area (Å²) in [7, 11) is 1.98. The average Bonchev–Trinajstić information content (AvgIpc) is 3.29. The van der Waals surface area contributed by atoms with Crippen molar-refractivity contribution >= 4 is 0 Å². The summed E-state index contributed by atoms with van der Waals surface area (Å²) in [4.78, 5) is 4.22. The van der Waals surface area contributed by atoms with Gasteiger partial charge in [0.05, 0.1) is 5.82 Å². The molecule has 0 bridgehead atoms. The van der Waals surface area contributed by atoms with Gasteiger partial charge in [-0.3, -0.25) is 4.98 Å². The molecular weight excluding hydrogens is 478 g/mol. The van der Waals surface area contributed by atoms with Gasteiger partial charge in [0.15, 0.2) is 0 Å². The molecule has 0 radical (unpaired) electrons. The van der Waals surface area contributed by atoms with Crippen molar-refractivity contribution in [2.24, 2.45) is 7.05 Å². The Kier molecular flexibility index (Phi) is 6.61. The second-order valence-electron chi connectivity index (χ2n) is 4.69. The Balaban J connectivity index is 0.000000167. The van der Waals surface area contributed by atoms with E-state index in [1.807, 2.05) is 66.3 Å². The normalized spacial score (nSPS) is 9.54. The van der Waals surface area contributed by atoms with Crippen molar-refractivity contribution in [3.8, 4) is 17.1 Å². The number of hydrogen-bond donors (Lipinski definition) is 0. The van der Waals surface area contributed by atoms with Crippen LogP contribution in [0.4, 0.5) is 0 Å². The van der Waals surface area contributed by atoms with Gasteiger partial charge in [-0.05, 0) is 0 Å². The zero-order valence-corrected chi connectivity index (χ0v) is 15.3. The van der Waals surface area contributed by atoms with Crippen molar-refractivity contribution in [3.63, 3.8) is 0 Å². The smallest absolute Gasteiger partial charge is 0.471 e. The molecule has 0 N–H and O–H groups in total. The molecule has 0 spiro atoms. The SMILES string of the molecule is Cn1ccnc1-c1[c-]cccc1.[Ir+3].[c-]1ccccc1-n1[c-]nnc1. The Bertz CT molecular complexity index is 826. The van der Waals surface area contributed by atoms with Gasteiger partial charge in [-0.1, -0.05) is 0 Å². The van der Waals surface area contributed by atoms with E-state index in [2.05, 4.69) is 33.6 Å². The number of aromatic nitrogens is 5. The van der Waals surface area contributed by atoms with Crippen LogP contribution in [0.25, 0.3) is 17.1 Å². The molecule has 4 aromatic rings. The van der Waals surface area contributed by atoms with E-state index in [9.17, 15) is 0 Å². The molecule has 2 aromatic carbocycles. The van der Waals surface area contributed by atoms with E-state index in [1.54, 1.807) is 17.1 Å². The van der Waals surface area contributed by atoms with Gasteiger partial charge < -0.3 is 9.13 Å². The van der Waals surface area contributed by atoms with Crippen LogP contribution >= 0.6 is 0 Å². The van der Waals surface area contributed by atoms with Gasteiger partial charge in [0.25, 0.3) is 0 Å². The monoisotopic (exact) mass is 493 g/mol. The molecule has 24 heavy (non-hydrogen) atoms. The maximum absolute atomic E-state index is 4.22. The van der Waals surface area contributed by atoms with Crippen LogP contribution in [0, 0.1) is 18.5 Å². The summed E-state index contributed by atoms with van der Waals surface area (Å²) >= 11 is 0. The summed E-state index contributed by atoms with van der Waals surface area (Å²) in [5.41, 5.74) is 1.93. The van der Waals surface area contributed by atoms with Crippen LogP contribution in [0.3, 0.4) is 0 Å². The molecular formula is C18H14IrN5. The van der Waals surface area contributed by atoms with Gasteiger partial charge in [-0.15, -0.1) is 35.9 Å². The van der Waals surface area contributed by atoms with Crippen molar-refractivity contribution in [3.05, 3.63) is 85.7 Å². The quantitative estimate of drug-likeness (QED) is 0.405. The topological polar surface area (TPSA) is 48.5 Å². The van der Waals surface area contributed by atoms with Crippen molar-refractivity contribution in [2.75, 3.05) is 0 Å². The van der Waals surface area contributed by atoms with Crippen LogP contribution in [0.2, 0.25) is 0 Å². The molecule has 120 valence electrons. The van der Waals surface area contributed by atoms with Crippen molar-refractivity contribution in [1.29, 1.82) is 0 Å². The summed E-state index contributed by atoms with van der Waals surface area (Å²) in [6, 6.07) is 21.6. The third-order valence-electron chi connectivity index (χ3n) is 3.10. The fourth-order valence-electron chi connectivity index (χ4n) is 1.98. The molecule has 0 saturated carbocycles. The fourth-order valence-corrected chi connectivity index (χ4v) is 1.98. The van der Waals surface area contributed by atoms with E-state index < -0.39 is 0 Å². The van der Waals surface area contributed by atoms with Crippen LogP contribution in [0.1, 0.15) is 0 Å². The van der Waals surface area contributed by atoms with E-state index in [0.717, 1.165) is 17.1 Å². The van der Waals surface area contributed by atoms with Gasteiger partial charge in [-0.25, -0.2) is 22.3 Å². The number of hydrogen-bond acceptors (Lipinski definition) is 3. The van der Waals surface area contributed by atoms with E-state index in [4.69, 9.17) is 0 Å². The van der Waals surface area contributed by atoms with E-state index in [-0.39, 0.29) is 20.1 Å². The Morgan fingerprint density at radius 1 is 1.00 bits per heavy atom. The zero-order chi connectivity index (χ0) is 15.9. The maximum atomic E-state index is 4.22. The molecule has 2 heterocycles. The molecule has 0 aliphatic carbocycles. The summed E-state index contributed by atoms with van der Waals surface area (Å²) in [5.74, 6) is 0.954. The molecule has 0 unspecified atom stereocenters. The summed E-state index contributed by atoms with van der Waals surface area (Å²) in [5, 5.41) is 7.20. The van der Waals surface area contributed by atoms with E-state index in [1.165, 1.54) is 0 Å². The van der Waals surface area contributed by atoms with Gasteiger partial charge in [0.2, 0.25) is 0 Å². The Morgan fingerprint density at radius 2 is 1.79 bits per heavy atom. The first kappa shape index (κ1) is 17.8. The zero-order valence-electron chi connectivity index (χ0n) is 12.9. The molecule has 0 saturated heterocycles. The third kappa shape index (κ3) is 4.47. The molecule has 0 aliphatic rings. The minimum atomic E-state index is 0. The van der Waals surface area contributed by atoms with Gasteiger partial charge in [0, 0.05) is 32.1 Å². The van der Waals surface area contributed by atoms with Crippen molar-refractivity contribution in [1.82, 2.24) is 24.3 Å². The predicted octanol–water partition coefficient (Wildman–Crippen LogP) is 2.75. The first-order valence-electron chi connectivity index (χ1n) is 7.04. The van der Waals surface area contributed by atoms with Gasteiger partial charge >= 0.3 is 20.1 Å². The number of para-hydroxylation sites is 1. The first-order valence-corrected chi connectivity index (χ1v) is 7.04. The Labute approximate surface area is 154 Å². The second-order valence-corrected chi connectivity index (χ2v) is 4.69. The van der Waals surface area contributed by atoms with Gasteiger partial charge in [-0.2, -0.15) is 23.9 Å². The van der Waals surface area contributed by atoms with Gasteiger partial charge in [0.1, 0.15) is 0 Å². The van der Waals surface area contributed by atoms with Crippen LogP contribution < -0.4 is 0 Å². The minimum Gasteiger partial charge on any atom is -0.471 e. The Hall–Kier alpha value is -2.56. The van der Waals surface area contributed by atoms with Crippen molar-refractivity contribution in [2.45, 2.75) is 0 Å². The first-order chi connectivity index (χ1) is 11.3. The molecule has 4 rings (SSSR count). The minimum absolute atomic E-state index is 0. The van der Waals surface area contributed by atoms with E-state index in [0.29, 0.717) is 0 Å². The van der Waals surface area contributed by atoms with Crippen LogP contribution in [0.15, 0.2) is 67.3 Å². The van der Waals surface area contributed by atoms with Crippen LogP contribution in [0.5, 0.6) is 0 Å². The van der Waals surface area contributed by atoms with Crippen molar-refractivity contribution < 1.29 is 20.1 Å². The number of benzene rings is 2. The van der Waals surface area contributed by atoms with Crippen LogP contribution in [-0.2, 0) is 27.2 Å². The summed E-state index contributed by atoms with van der Waals surface area (Å²) < 4.78 is 3.66. The number of nitrogens with zero attached hydrogens (tertiary/aromatic N) is 5. The molecule has 0 atom stereocenters. The number of aryl methyl sites for hydroxylation is 1. The summed E-state index contributed by atoms with van der Waals surface area (Å²) in [6.45, 7) is 0. The number of imidazole rings is 1. The predicted molar refractivity (Wildman–Crippen MR) is 86.5 cm³/mol. The molecule has 6 heteroatoms. The second kappa shape index (κ2) is 8.91. The van der Waals surface area contributed by atoms with Crippen LogP contribution in [-0.4, -0.2) is 24.3 Å². The number of rotatable bonds is 2. The average molecular weight is 493 g/mol. The molecule has 5 nitrogen and oxygen atoms in total. The standard InChI is InChI=1S/C10H9N2.C8H5N3.Ir/c1-12-8-7-11-10(12)9-5-3-2-4-6-9;1-2-4-8(5-3-1)11-6-9-10-7-11;/h2-5,7-8H,1H3;1-4,6H;/q-1;-2;+3. The molecule has 0 amide bonds. The Morgan fingerprint density at radius 3 is 2.33 bits per heavy atom.